The molecule has 3 fully saturated rings. The lowest BCUT2D eigenvalue weighted by molar-refractivity contribution is -0.148. The molecule has 32 heavy (non-hydrogen) atoms. The number of halogens is 4. The van der Waals surface area contributed by atoms with Gasteiger partial charge in [0.15, 0.2) is 0 Å². The van der Waals surface area contributed by atoms with Gasteiger partial charge in [0, 0.05) is 23.2 Å². The second-order valence-electron chi connectivity index (χ2n) is 8.59. The number of nitrogens with zero attached hydrogens (tertiary/aromatic N) is 2. The van der Waals surface area contributed by atoms with E-state index in [-0.39, 0.29) is 28.9 Å². The number of fused-ring (bicyclic) bond motifs is 4. The Morgan fingerprint density at radius 1 is 1.12 bits per heavy atom. The van der Waals surface area contributed by atoms with E-state index in [2.05, 4.69) is 20.3 Å². The topological polar surface area (TPSA) is 90.9 Å². The average molecular weight is 448 g/mol. The van der Waals surface area contributed by atoms with Gasteiger partial charge in [-0.1, -0.05) is 0 Å². The first-order valence-corrected chi connectivity index (χ1v) is 10.4. The molecule has 2 atom stereocenters. The van der Waals surface area contributed by atoms with Gasteiger partial charge in [0.25, 0.3) is 0 Å². The average Bonchev–Trinajstić information content (AvgIpc) is 3.16. The lowest BCUT2D eigenvalue weighted by atomic mass is 9.61. The number of alkyl halides is 3. The number of carboxylic acid groups (broad SMARTS) is 1. The number of carboxylic acids is 1. The molecule has 3 aromatic rings. The van der Waals surface area contributed by atoms with Crippen LogP contribution in [-0.4, -0.2) is 32.1 Å². The van der Waals surface area contributed by atoms with Crippen molar-refractivity contribution in [2.24, 2.45) is 17.8 Å². The Balaban J connectivity index is 1.58. The van der Waals surface area contributed by atoms with Gasteiger partial charge in [-0.25, -0.2) is 14.4 Å². The van der Waals surface area contributed by atoms with Gasteiger partial charge in [-0.05, 0) is 55.7 Å². The predicted molar refractivity (Wildman–Crippen MR) is 108 cm³/mol. The number of pyridine rings is 2. The van der Waals surface area contributed by atoms with Crippen LogP contribution in [0.2, 0.25) is 0 Å². The molecule has 3 aliphatic carbocycles. The van der Waals surface area contributed by atoms with Gasteiger partial charge in [-0.15, -0.1) is 0 Å². The van der Waals surface area contributed by atoms with Crippen molar-refractivity contribution in [2.45, 2.75) is 37.9 Å². The van der Waals surface area contributed by atoms with Crippen molar-refractivity contribution in [3.63, 3.8) is 0 Å². The van der Waals surface area contributed by atoms with E-state index >= 15 is 0 Å². The lowest BCUT2D eigenvalue weighted by Gasteiger charge is -2.47. The molecule has 0 radical (unpaired) electrons. The maximum atomic E-state index is 13.7. The third-order valence-electron chi connectivity index (χ3n) is 6.75. The first kappa shape index (κ1) is 20.7. The van der Waals surface area contributed by atoms with E-state index in [4.69, 9.17) is 0 Å². The van der Waals surface area contributed by atoms with E-state index in [0.717, 1.165) is 44.0 Å². The van der Waals surface area contributed by atoms with Crippen LogP contribution in [-0.2, 0) is 11.0 Å². The highest BCUT2D eigenvalue weighted by Gasteiger charge is 2.47. The van der Waals surface area contributed by atoms with Crippen LogP contribution in [0.25, 0.3) is 22.3 Å². The summed E-state index contributed by atoms with van der Waals surface area (Å²) in [5, 5.41) is 13.1. The Labute approximate surface area is 180 Å². The van der Waals surface area contributed by atoms with E-state index in [1.807, 2.05) is 0 Å². The highest BCUT2D eigenvalue weighted by molar-refractivity contribution is 5.92. The quantitative estimate of drug-likeness (QED) is 0.484. The van der Waals surface area contributed by atoms with Crippen molar-refractivity contribution in [3.8, 4) is 11.3 Å². The number of hydrogen-bond acceptors (Lipinski definition) is 4. The van der Waals surface area contributed by atoms with Crippen LogP contribution in [0.1, 0.15) is 31.2 Å². The third kappa shape index (κ3) is 3.57. The van der Waals surface area contributed by atoms with Gasteiger partial charge in [-0.3, -0.25) is 4.79 Å². The monoisotopic (exact) mass is 448 g/mol. The van der Waals surface area contributed by atoms with Crippen molar-refractivity contribution in [2.75, 3.05) is 5.32 Å². The molecule has 3 saturated carbocycles. The summed E-state index contributed by atoms with van der Waals surface area (Å²) in [4.78, 5) is 23.0. The van der Waals surface area contributed by atoms with Gasteiger partial charge in [-0.2, -0.15) is 13.2 Å². The first-order chi connectivity index (χ1) is 15.2. The molecule has 2 bridgehead atoms. The minimum absolute atomic E-state index is 0.00272. The van der Waals surface area contributed by atoms with Crippen molar-refractivity contribution in [1.82, 2.24) is 15.0 Å². The van der Waals surface area contributed by atoms with Crippen LogP contribution in [0, 0.1) is 23.6 Å². The molecule has 0 saturated heterocycles. The normalized spacial score (nSPS) is 25.2. The number of aliphatic carboxylic acids is 1. The van der Waals surface area contributed by atoms with Gasteiger partial charge in [0.05, 0.1) is 23.4 Å². The molecule has 168 valence electrons. The number of hydrogen-bond donors (Lipinski definition) is 3. The zero-order valence-electron chi connectivity index (χ0n) is 16.8. The Morgan fingerprint density at radius 3 is 2.53 bits per heavy atom. The van der Waals surface area contributed by atoms with E-state index in [1.54, 1.807) is 0 Å². The fourth-order valence-electron chi connectivity index (χ4n) is 5.28. The molecule has 3 heterocycles. The van der Waals surface area contributed by atoms with Crippen LogP contribution in [0.5, 0.6) is 0 Å². The summed E-state index contributed by atoms with van der Waals surface area (Å²) in [5.74, 6) is -2.21. The molecule has 3 aliphatic rings. The predicted octanol–water partition coefficient (Wildman–Crippen LogP) is 5.08. The molecular formula is C22H20F4N4O2. The second kappa shape index (κ2) is 7.46. The van der Waals surface area contributed by atoms with Gasteiger partial charge in [0.2, 0.25) is 0 Å². The molecular weight excluding hydrogens is 428 g/mol. The van der Waals surface area contributed by atoms with E-state index < -0.39 is 35.5 Å². The number of carbonyl (C=O) groups is 1. The van der Waals surface area contributed by atoms with Crippen LogP contribution >= 0.6 is 0 Å². The van der Waals surface area contributed by atoms with Crippen LogP contribution < -0.4 is 5.32 Å². The fourth-order valence-corrected chi connectivity index (χ4v) is 5.28. The standard InChI is InChI=1S/C22H20F4N4O2/c23-13-7-14-15(9-28-20(14)27-8-13)16-5-12(22(24,25)26)6-17(29-16)30-19-11-3-1-10(2-4-11)18(19)21(31)32/h5-11,18-19H,1-4H2,(H,27,28)(H,29,30)(H,31,32)/t10?,11?,18-,19-/m1/s1. The van der Waals surface area contributed by atoms with Gasteiger partial charge < -0.3 is 15.4 Å². The smallest absolute Gasteiger partial charge is 0.416 e. The first-order valence-electron chi connectivity index (χ1n) is 10.4. The highest BCUT2D eigenvalue weighted by Crippen LogP contribution is 2.46. The SMILES string of the molecule is O=C(O)[C@@H]1C2CCC(CC2)[C@H]1Nc1cc(C(F)(F)F)cc(-c2c[nH]c3ncc(F)cc23)n1. The molecule has 6 rings (SSSR count). The van der Waals surface area contributed by atoms with Crippen LogP contribution in [0.4, 0.5) is 23.4 Å². The number of nitrogens with one attached hydrogen (secondary N) is 2. The maximum Gasteiger partial charge on any atom is 0.416 e. The number of aromatic nitrogens is 3. The molecule has 10 heteroatoms. The van der Waals surface area contributed by atoms with Crippen molar-refractivity contribution in [1.29, 1.82) is 0 Å². The Morgan fingerprint density at radius 2 is 1.84 bits per heavy atom. The molecule has 0 aliphatic heterocycles. The molecule has 3 N–H and O–H groups in total. The second-order valence-corrected chi connectivity index (χ2v) is 8.59. The molecule has 0 spiro atoms. The Bertz CT molecular complexity index is 1180. The fraction of sp³-hybridized carbons (Fsp3) is 0.409. The van der Waals surface area contributed by atoms with E-state index in [0.29, 0.717) is 11.0 Å². The van der Waals surface area contributed by atoms with Gasteiger partial charge >= 0.3 is 12.1 Å². The summed E-state index contributed by atoms with van der Waals surface area (Å²) in [6.45, 7) is 0. The molecule has 6 nitrogen and oxygen atoms in total. The Hall–Kier alpha value is -3.17. The summed E-state index contributed by atoms with van der Waals surface area (Å²) >= 11 is 0. The third-order valence-corrected chi connectivity index (χ3v) is 6.75. The minimum Gasteiger partial charge on any atom is -0.481 e. The van der Waals surface area contributed by atoms with Crippen molar-refractivity contribution >= 4 is 22.8 Å². The van der Waals surface area contributed by atoms with Crippen LogP contribution in [0.15, 0.2) is 30.6 Å². The van der Waals surface area contributed by atoms with Crippen LogP contribution in [0.3, 0.4) is 0 Å². The van der Waals surface area contributed by atoms with Crippen molar-refractivity contribution in [3.05, 3.63) is 42.0 Å². The molecule has 3 aromatic heterocycles. The Kier molecular flexibility index (Phi) is 4.83. The van der Waals surface area contributed by atoms with E-state index in [1.165, 1.54) is 12.3 Å². The molecule has 0 aromatic carbocycles. The lowest BCUT2D eigenvalue weighted by Crippen LogP contribution is -2.51. The number of anilines is 1. The highest BCUT2D eigenvalue weighted by atomic mass is 19.4. The largest absolute Gasteiger partial charge is 0.481 e. The molecule has 0 amide bonds. The van der Waals surface area contributed by atoms with Gasteiger partial charge in [0.1, 0.15) is 17.3 Å². The summed E-state index contributed by atoms with van der Waals surface area (Å²) in [6.07, 6.45) is 1.12. The zero-order chi connectivity index (χ0) is 22.6. The number of aromatic amines is 1. The summed E-state index contributed by atoms with van der Waals surface area (Å²) in [7, 11) is 0. The van der Waals surface area contributed by atoms with Crippen molar-refractivity contribution < 1.29 is 27.5 Å². The molecule has 0 unspecified atom stereocenters. The summed E-state index contributed by atoms with van der Waals surface area (Å²) in [5.41, 5.74) is -0.322. The summed E-state index contributed by atoms with van der Waals surface area (Å²) in [6, 6.07) is 2.49. The number of H-pyrrole nitrogens is 1. The number of rotatable bonds is 4. The van der Waals surface area contributed by atoms with E-state index in [9.17, 15) is 27.5 Å². The minimum atomic E-state index is -4.64. The summed E-state index contributed by atoms with van der Waals surface area (Å²) < 4.78 is 54.7. The zero-order valence-corrected chi connectivity index (χ0v) is 16.8. The maximum absolute atomic E-state index is 13.7.